The summed E-state index contributed by atoms with van der Waals surface area (Å²) in [4.78, 5) is 23.4. The van der Waals surface area contributed by atoms with Crippen molar-refractivity contribution in [2.45, 2.75) is 26.7 Å². The van der Waals surface area contributed by atoms with Crippen LogP contribution in [0.1, 0.15) is 37.0 Å². The molecule has 4 heteroatoms. The average molecular weight is 261 g/mol. The van der Waals surface area contributed by atoms with E-state index in [1.165, 1.54) is 13.2 Å². The second-order valence-corrected chi connectivity index (χ2v) is 4.20. The number of ketones is 1. The summed E-state index contributed by atoms with van der Waals surface area (Å²) in [5, 5.41) is 2.70. The van der Waals surface area contributed by atoms with Gasteiger partial charge in [0, 0.05) is 23.7 Å². The minimum Gasteiger partial charge on any atom is -0.501 e. The third kappa shape index (κ3) is 4.95. The predicted octanol–water partition coefficient (Wildman–Crippen LogP) is 3.16. The van der Waals surface area contributed by atoms with E-state index in [-0.39, 0.29) is 11.7 Å². The van der Waals surface area contributed by atoms with Crippen molar-refractivity contribution in [1.29, 1.82) is 0 Å². The molecule has 0 saturated carbocycles. The number of amides is 1. The lowest BCUT2D eigenvalue weighted by Gasteiger charge is -2.05. The molecule has 0 saturated heterocycles. The monoisotopic (exact) mass is 261 g/mol. The van der Waals surface area contributed by atoms with E-state index in [1.807, 2.05) is 6.92 Å². The van der Waals surface area contributed by atoms with Gasteiger partial charge in [-0.2, -0.15) is 0 Å². The van der Waals surface area contributed by atoms with Gasteiger partial charge in [-0.3, -0.25) is 9.59 Å². The van der Waals surface area contributed by atoms with Gasteiger partial charge in [-0.1, -0.05) is 19.1 Å². The van der Waals surface area contributed by atoms with Crippen molar-refractivity contribution in [2.24, 2.45) is 0 Å². The van der Waals surface area contributed by atoms with Crippen LogP contribution >= 0.6 is 0 Å². The second kappa shape index (κ2) is 7.36. The van der Waals surface area contributed by atoms with Gasteiger partial charge < -0.3 is 10.1 Å². The van der Waals surface area contributed by atoms with Crippen molar-refractivity contribution in [3.63, 3.8) is 0 Å². The maximum atomic E-state index is 11.8. The highest BCUT2D eigenvalue weighted by molar-refractivity contribution is 6.01. The van der Waals surface area contributed by atoms with Crippen LogP contribution in [0.3, 0.4) is 0 Å². The number of hydrogen-bond acceptors (Lipinski definition) is 3. The molecule has 0 spiro atoms. The number of Topliss-reactive ketones (excluding diaryl/α,β-unsaturated/α-hetero) is 1. The van der Waals surface area contributed by atoms with Crippen LogP contribution < -0.4 is 5.32 Å². The molecule has 1 aromatic carbocycles. The lowest BCUT2D eigenvalue weighted by atomic mass is 10.1. The Morgan fingerprint density at radius 3 is 2.74 bits per heavy atom. The maximum Gasteiger partial charge on any atom is 0.251 e. The minimum atomic E-state index is -0.278. The standard InChI is InChI=1S/C15H19NO3/c1-4-6-14(17)12-7-5-8-13(10-12)16-15(18)9-11(2)19-3/h5,7-10H,4,6H2,1-3H3,(H,16,18). The summed E-state index contributed by atoms with van der Waals surface area (Å²) in [7, 11) is 1.50. The highest BCUT2D eigenvalue weighted by atomic mass is 16.5. The Labute approximate surface area is 113 Å². The first-order valence-electron chi connectivity index (χ1n) is 6.23. The number of methoxy groups -OCH3 is 1. The number of rotatable bonds is 6. The molecule has 19 heavy (non-hydrogen) atoms. The SMILES string of the molecule is CCCC(=O)c1cccc(NC(=O)C=C(C)OC)c1. The summed E-state index contributed by atoms with van der Waals surface area (Å²) in [6.07, 6.45) is 2.69. The van der Waals surface area contributed by atoms with Crippen LogP contribution in [0.5, 0.6) is 0 Å². The van der Waals surface area contributed by atoms with Crippen LogP contribution in [-0.2, 0) is 9.53 Å². The zero-order valence-corrected chi connectivity index (χ0v) is 11.5. The molecule has 0 unspecified atom stereocenters. The van der Waals surface area contributed by atoms with Crippen LogP contribution in [0.15, 0.2) is 36.1 Å². The summed E-state index contributed by atoms with van der Waals surface area (Å²) in [6, 6.07) is 6.94. The van der Waals surface area contributed by atoms with Gasteiger partial charge in [0.2, 0.25) is 0 Å². The first-order valence-corrected chi connectivity index (χ1v) is 6.23. The smallest absolute Gasteiger partial charge is 0.251 e. The highest BCUT2D eigenvalue weighted by Crippen LogP contribution is 2.13. The minimum absolute atomic E-state index is 0.0854. The number of carbonyl (C=O) groups excluding carboxylic acids is 2. The zero-order valence-electron chi connectivity index (χ0n) is 11.5. The van der Waals surface area contributed by atoms with Gasteiger partial charge in [0.1, 0.15) is 0 Å². The number of carbonyl (C=O) groups is 2. The Morgan fingerprint density at radius 1 is 1.37 bits per heavy atom. The Bertz CT molecular complexity index is 492. The molecule has 102 valence electrons. The van der Waals surface area contributed by atoms with Crippen LogP contribution in [0.2, 0.25) is 0 Å². The fourth-order valence-corrected chi connectivity index (χ4v) is 1.56. The molecule has 1 N–H and O–H groups in total. The summed E-state index contributed by atoms with van der Waals surface area (Å²) in [5.41, 5.74) is 1.22. The summed E-state index contributed by atoms with van der Waals surface area (Å²) < 4.78 is 4.90. The van der Waals surface area contributed by atoms with E-state index >= 15 is 0 Å². The highest BCUT2D eigenvalue weighted by Gasteiger charge is 2.06. The van der Waals surface area contributed by atoms with Crippen molar-refractivity contribution < 1.29 is 14.3 Å². The maximum absolute atomic E-state index is 11.8. The summed E-state index contributed by atoms with van der Waals surface area (Å²) in [6.45, 7) is 3.66. The van der Waals surface area contributed by atoms with E-state index in [0.717, 1.165) is 6.42 Å². The molecule has 0 radical (unpaired) electrons. The van der Waals surface area contributed by atoms with Crippen LogP contribution in [0.4, 0.5) is 5.69 Å². The van der Waals surface area contributed by atoms with Crippen molar-refractivity contribution in [3.05, 3.63) is 41.7 Å². The largest absolute Gasteiger partial charge is 0.501 e. The van der Waals surface area contributed by atoms with E-state index in [9.17, 15) is 9.59 Å². The van der Waals surface area contributed by atoms with Crippen molar-refractivity contribution in [2.75, 3.05) is 12.4 Å². The van der Waals surface area contributed by atoms with Crippen LogP contribution in [-0.4, -0.2) is 18.8 Å². The molecule has 0 fully saturated rings. The van der Waals surface area contributed by atoms with Crippen LogP contribution in [0, 0.1) is 0 Å². The van der Waals surface area contributed by atoms with Crippen LogP contribution in [0.25, 0.3) is 0 Å². The Balaban J connectivity index is 2.77. The molecule has 0 aliphatic heterocycles. The van der Waals surface area contributed by atoms with Crippen molar-refractivity contribution >= 4 is 17.4 Å². The molecule has 1 rings (SSSR count). The Hall–Kier alpha value is -2.10. The van der Waals surface area contributed by atoms with Gasteiger partial charge >= 0.3 is 0 Å². The van der Waals surface area contributed by atoms with Gasteiger partial charge in [0.25, 0.3) is 5.91 Å². The van der Waals surface area contributed by atoms with Crippen molar-refractivity contribution in [1.82, 2.24) is 0 Å². The van der Waals surface area contributed by atoms with Gasteiger partial charge in [0.05, 0.1) is 12.9 Å². The molecule has 0 heterocycles. The van der Waals surface area contributed by atoms with Gasteiger partial charge in [-0.05, 0) is 25.5 Å². The number of allylic oxidation sites excluding steroid dienone is 1. The quantitative estimate of drug-likeness (QED) is 0.486. The van der Waals surface area contributed by atoms with Crippen molar-refractivity contribution in [3.8, 4) is 0 Å². The van der Waals surface area contributed by atoms with E-state index in [1.54, 1.807) is 31.2 Å². The molecular formula is C15H19NO3. The molecule has 0 bridgehead atoms. The molecule has 0 aliphatic rings. The molecule has 1 amide bonds. The number of benzene rings is 1. The third-order valence-corrected chi connectivity index (χ3v) is 2.59. The topological polar surface area (TPSA) is 55.4 Å². The molecular weight excluding hydrogens is 242 g/mol. The number of ether oxygens (including phenoxy) is 1. The predicted molar refractivity (Wildman–Crippen MR) is 75.1 cm³/mol. The fourth-order valence-electron chi connectivity index (χ4n) is 1.56. The number of anilines is 1. The average Bonchev–Trinajstić information content (AvgIpc) is 2.39. The lowest BCUT2D eigenvalue weighted by molar-refractivity contribution is -0.112. The molecule has 0 aromatic heterocycles. The Kier molecular flexibility index (Phi) is 5.79. The van der Waals surface area contributed by atoms with Gasteiger partial charge in [-0.25, -0.2) is 0 Å². The van der Waals surface area contributed by atoms with Gasteiger partial charge in [0.15, 0.2) is 5.78 Å². The van der Waals surface area contributed by atoms with E-state index in [4.69, 9.17) is 4.74 Å². The zero-order chi connectivity index (χ0) is 14.3. The molecule has 1 aromatic rings. The normalized spacial score (nSPS) is 11.0. The van der Waals surface area contributed by atoms with E-state index in [2.05, 4.69) is 5.32 Å². The second-order valence-electron chi connectivity index (χ2n) is 4.20. The number of nitrogens with one attached hydrogen (secondary N) is 1. The van der Waals surface area contributed by atoms with E-state index < -0.39 is 0 Å². The van der Waals surface area contributed by atoms with E-state index in [0.29, 0.717) is 23.4 Å². The fraction of sp³-hybridized carbons (Fsp3) is 0.333. The lowest BCUT2D eigenvalue weighted by Crippen LogP contribution is -2.09. The molecule has 4 nitrogen and oxygen atoms in total. The van der Waals surface area contributed by atoms with Gasteiger partial charge in [-0.15, -0.1) is 0 Å². The number of hydrogen-bond donors (Lipinski definition) is 1. The third-order valence-electron chi connectivity index (χ3n) is 2.59. The summed E-state index contributed by atoms with van der Waals surface area (Å²) in [5.74, 6) is 0.331. The first kappa shape index (κ1) is 15.0. The Morgan fingerprint density at radius 2 is 2.11 bits per heavy atom. The molecule has 0 atom stereocenters. The summed E-state index contributed by atoms with van der Waals surface area (Å²) >= 11 is 0. The first-order chi connectivity index (χ1) is 9.06. The molecule has 0 aliphatic carbocycles.